The number of nitro benzene ring substituents is 1. The van der Waals surface area contributed by atoms with Crippen molar-refractivity contribution in [1.29, 1.82) is 0 Å². The monoisotopic (exact) mass is 365 g/mol. The molecule has 0 aliphatic carbocycles. The Kier molecular flexibility index (Phi) is 4.67. The van der Waals surface area contributed by atoms with Gasteiger partial charge < -0.3 is 15.0 Å². The van der Waals surface area contributed by atoms with Crippen LogP contribution in [0, 0.1) is 10.1 Å². The van der Waals surface area contributed by atoms with Crippen LogP contribution in [0.5, 0.6) is 0 Å². The fourth-order valence-corrected chi connectivity index (χ4v) is 2.53. The Morgan fingerprint density at radius 1 is 1.15 bits per heavy atom. The van der Waals surface area contributed by atoms with Crippen molar-refractivity contribution in [2.24, 2.45) is 0 Å². The van der Waals surface area contributed by atoms with E-state index in [9.17, 15) is 19.7 Å². The highest BCUT2D eigenvalue weighted by atomic mass is 16.6. The van der Waals surface area contributed by atoms with Gasteiger partial charge in [0.1, 0.15) is 10.7 Å². The summed E-state index contributed by atoms with van der Waals surface area (Å²) in [5, 5.41) is 11.0. The van der Waals surface area contributed by atoms with Gasteiger partial charge in [-0.3, -0.25) is 19.7 Å². The minimum absolute atomic E-state index is 0.0199. The molecule has 136 valence electrons. The first-order valence-electron chi connectivity index (χ1n) is 7.85. The molecule has 9 nitrogen and oxygen atoms in total. The van der Waals surface area contributed by atoms with Crippen molar-refractivity contribution in [3.8, 4) is 0 Å². The maximum Gasteiger partial charge on any atom is 0.276 e. The molecule has 0 fully saturated rings. The van der Waals surface area contributed by atoms with E-state index in [2.05, 4.69) is 26.5 Å². The Hall–Kier alpha value is -4.01. The fourth-order valence-electron chi connectivity index (χ4n) is 2.53. The summed E-state index contributed by atoms with van der Waals surface area (Å²) < 4.78 is 0. The van der Waals surface area contributed by atoms with Gasteiger partial charge in [0, 0.05) is 6.07 Å². The largest absolute Gasteiger partial charge is 0.345 e. The molecule has 0 aliphatic rings. The number of benzene rings is 1. The van der Waals surface area contributed by atoms with Gasteiger partial charge in [0.15, 0.2) is 0 Å². The zero-order valence-corrected chi connectivity index (χ0v) is 14.3. The second-order valence-corrected chi connectivity index (χ2v) is 5.79. The Labute approximate surface area is 151 Å². The first-order chi connectivity index (χ1) is 12.9. The molecule has 0 atom stereocenters. The molecule has 1 aromatic carbocycles. The molecule has 2 heterocycles. The predicted molar refractivity (Wildman–Crippen MR) is 100 cm³/mol. The van der Waals surface area contributed by atoms with Crippen molar-refractivity contribution >= 4 is 23.4 Å². The molecular formula is C18H15N5O4. The average molecular weight is 365 g/mol. The van der Waals surface area contributed by atoms with Gasteiger partial charge in [-0.15, -0.1) is 0 Å². The van der Waals surface area contributed by atoms with E-state index in [4.69, 9.17) is 0 Å². The third-order valence-electron chi connectivity index (χ3n) is 3.78. The average Bonchev–Trinajstić information content (AvgIpc) is 3.08. The lowest BCUT2D eigenvalue weighted by Gasteiger charge is -1.97. The fraction of sp³-hybridized carbons (Fsp3) is 0.0556. The van der Waals surface area contributed by atoms with E-state index in [0.717, 1.165) is 0 Å². The molecule has 0 unspecified atom stereocenters. The highest BCUT2D eigenvalue weighted by molar-refractivity contribution is 5.66. The van der Waals surface area contributed by atoms with E-state index >= 15 is 0 Å². The molecule has 2 aromatic heterocycles. The first kappa shape index (κ1) is 17.8. The summed E-state index contributed by atoms with van der Waals surface area (Å²) in [4.78, 5) is 47.1. The van der Waals surface area contributed by atoms with Crippen LogP contribution >= 0.6 is 0 Å². The first-order valence-corrected chi connectivity index (χ1v) is 7.85. The third-order valence-corrected chi connectivity index (χ3v) is 3.78. The van der Waals surface area contributed by atoms with Gasteiger partial charge in [-0.1, -0.05) is 18.7 Å². The smallest absolute Gasteiger partial charge is 0.276 e. The second kappa shape index (κ2) is 7.08. The Morgan fingerprint density at radius 3 is 2.41 bits per heavy atom. The summed E-state index contributed by atoms with van der Waals surface area (Å²) in [6, 6.07) is 5.92. The summed E-state index contributed by atoms with van der Waals surface area (Å²) in [5.74, 6) is 0. The van der Waals surface area contributed by atoms with Crippen LogP contribution in [0.2, 0.25) is 0 Å². The minimum Gasteiger partial charge on any atom is -0.345 e. The van der Waals surface area contributed by atoms with Crippen LogP contribution in [0.25, 0.3) is 17.7 Å². The topological polar surface area (TPSA) is 138 Å². The molecular weight excluding hydrogens is 350 g/mol. The molecule has 0 saturated heterocycles. The van der Waals surface area contributed by atoms with Crippen molar-refractivity contribution in [3.05, 3.63) is 95.6 Å². The number of aromatic amines is 3. The van der Waals surface area contributed by atoms with Gasteiger partial charge in [-0.05, 0) is 30.7 Å². The van der Waals surface area contributed by atoms with Crippen LogP contribution in [-0.2, 0) is 0 Å². The molecule has 27 heavy (non-hydrogen) atoms. The van der Waals surface area contributed by atoms with E-state index < -0.39 is 16.0 Å². The maximum absolute atomic E-state index is 12.3. The Balaban J connectivity index is 2.18. The summed E-state index contributed by atoms with van der Waals surface area (Å²) in [7, 11) is 0. The lowest BCUT2D eigenvalue weighted by atomic mass is 10.1. The zero-order valence-electron chi connectivity index (χ0n) is 14.3. The van der Waals surface area contributed by atoms with Crippen molar-refractivity contribution in [2.75, 3.05) is 0 Å². The summed E-state index contributed by atoms with van der Waals surface area (Å²) >= 11 is 0. The van der Waals surface area contributed by atoms with Crippen LogP contribution in [0.4, 0.5) is 5.69 Å². The number of imidazole rings is 1. The highest BCUT2D eigenvalue weighted by Gasteiger charge is 2.10. The lowest BCUT2D eigenvalue weighted by molar-refractivity contribution is -0.385. The zero-order chi connectivity index (χ0) is 19.6. The van der Waals surface area contributed by atoms with Crippen molar-refractivity contribution in [2.45, 2.75) is 6.92 Å². The van der Waals surface area contributed by atoms with Crippen LogP contribution in [0.1, 0.15) is 23.9 Å². The van der Waals surface area contributed by atoms with E-state index in [1.807, 2.05) is 0 Å². The van der Waals surface area contributed by atoms with E-state index in [1.54, 1.807) is 13.0 Å². The number of H-pyrrole nitrogens is 3. The van der Waals surface area contributed by atoms with Gasteiger partial charge in [0.25, 0.3) is 16.8 Å². The number of nitrogens with zero attached hydrogens (tertiary/aromatic N) is 2. The normalized spacial score (nSPS) is 12.3. The second-order valence-electron chi connectivity index (χ2n) is 5.79. The number of hydrogen-bond acceptors (Lipinski definition) is 5. The molecule has 0 bridgehead atoms. The summed E-state index contributed by atoms with van der Waals surface area (Å²) in [5.41, 5.74) is 0.694. The van der Waals surface area contributed by atoms with Crippen molar-refractivity contribution < 1.29 is 4.92 Å². The van der Waals surface area contributed by atoms with Crippen molar-refractivity contribution in [1.82, 2.24) is 19.9 Å². The Bertz CT molecular complexity index is 1280. The van der Waals surface area contributed by atoms with Crippen LogP contribution in [-0.4, -0.2) is 24.9 Å². The number of para-hydroxylation sites is 1. The number of hydrogen-bond donors (Lipinski definition) is 3. The van der Waals surface area contributed by atoms with E-state index in [0.29, 0.717) is 17.0 Å². The number of aromatic nitrogens is 4. The standard InChI is InChI=1S/C18H15N5O4/c1-10(2)16-12(19-9-20-16)8-14-18(25)21-13(17(24)22-14)7-11-5-3-4-6-15(11)23(26)27/h3-9H,1H2,2H3,(H,19,20)(H,21,25)(H,22,24)/b13-7-,14-8-. The highest BCUT2D eigenvalue weighted by Crippen LogP contribution is 2.17. The SMILES string of the molecule is C=C(C)c1nc[nH]c1/C=c1\[nH]c(=O)/c(=C/c2ccccc2[N+](=O)[O-])[nH]c1=O. The molecule has 0 radical (unpaired) electrons. The summed E-state index contributed by atoms with van der Waals surface area (Å²) in [6.45, 7) is 5.57. The number of nitrogens with one attached hydrogen (secondary N) is 3. The molecule has 0 aliphatic heterocycles. The van der Waals surface area contributed by atoms with Gasteiger partial charge in [-0.2, -0.15) is 0 Å². The number of allylic oxidation sites excluding steroid dienone is 1. The van der Waals surface area contributed by atoms with Gasteiger partial charge in [0.05, 0.1) is 28.2 Å². The Morgan fingerprint density at radius 2 is 1.78 bits per heavy atom. The number of rotatable bonds is 4. The molecule has 3 rings (SSSR count). The number of nitro groups is 1. The maximum atomic E-state index is 12.3. The quantitative estimate of drug-likeness (QED) is 0.453. The van der Waals surface area contributed by atoms with Crippen LogP contribution in [0.3, 0.4) is 0 Å². The third kappa shape index (κ3) is 3.66. The van der Waals surface area contributed by atoms with E-state index in [-0.39, 0.29) is 21.9 Å². The molecule has 3 aromatic rings. The molecule has 3 N–H and O–H groups in total. The molecule has 0 spiro atoms. The molecule has 0 amide bonds. The van der Waals surface area contributed by atoms with Crippen molar-refractivity contribution in [3.63, 3.8) is 0 Å². The summed E-state index contributed by atoms with van der Waals surface area (Å²) in [6.07, 6.45) is 4.17. The molecule has 9 heteroatoms. The van der Waals surface area contributed by atoms with E-state index in [1.165, 1.54) is 36.7 Å². The van der Waals surface area contributed by atoms with Crippen LogP contribution < -0.4 is 21.8 Å². The van der Waals surface area contributed by atoms with Gasteiger partial charge >= 0.3 is 0 Å². The predicted octanol–water partition coefficient (Wildman–Crippen LogP) is 0.385. The van der Waals surface area contributed by atoms with Gasteiger partial charge in [0.2, 0.25) is 0 Å². The van der Waals surface area contributed by atoms with Gasteiger partial charge in [-0.25, -0.2) is 4.98 Å². The molecule has 0 saturated carbocycles. The lowest BCUT2D eigenvalue weighted by Crippen LogP contribution is -2.46. The van der Waals surface area contributed by atoms with Crippen LogP contribution in [0.15, 0.2) is 46.8 Å². The minimum atomic E-state index is -0.588.